The highest BCUT2D eigenvalue weighted by Crippen LogP contribution is 2.09. The monoisotopic (exact) mass is 357 g/mol. The summed E-state index contributed by atoms with van der Waals surface area (Å²) in [6.45, 7) is 1.72. The number of amides is 2. The Balaban J connectivity index is 1.91. The van der Waals surface area contributed by atoms with Gasteiger partial charge in [0.25, 0.3) is 11.5 Å². The highest BCUT2D eigenvalue weighted by atomic mass is 16.4. The van der Waals surface area contributed by atoms with Crippen LogP contribution in [0, 0.1) is 6.92 Å². The van der Waals surface area contributed by atoms with E-state index < -0.39 is 11.9 Å². The van der Waals surface area contributed by atoms with E-state index in [2.05, 4.69) is 10.6 Å². The summed E-state index contributed by atoms with van der Waals surface area (Å²) in [6, 6.07) is 9.34. The van der Waals surface area contributed by atoms with Gasteiger partial charge in [-0.05, 0) is 42.8 Å². The highest BCUT2D eigenvalue weighted by Gasteiger charge is 2.08. The lowest BCUT2D eigenvalue weighted by atomic mass is 10.2. The first-order valence-electron chi connectivity index (χ1n) is 7.92. The lowest BCUT2D eigenvalue weighted by molar-refractivity contribution is -0.136. The Morgan fingerprint density at radius 2 is 1.81 bits per heavy atom. The van der Waals surface area contributed by atoms with Crippen molar-refractivity contribution >= 4 is 23.5 Å². The van der Waals surface area contributed by atoms with Gasteiger partial charge in [-0.25, -0.2) is 0 Å². The van der Waals surface area contributed by atoms with Crippen LogP contribution >= 0.6 is 0 Å². The predicted octanol–water partition coefficient (Wildman–Crippen LogP) is 1.000. The molecule has 26 heavy (non-hydrogen) atoms. The number of carboxylic acids is 1. The Hall–Kier alpha value is -3.42. The minimum absolute atomic E-state index is 0.0396. The molecule has 3 N–H and O–H groups in total. The number of nitrogens with zero attached hydrogens (tertiary/aromatic N) is 1. The molecule has 1 aromatic heterocycles. The number of carbonyl (C=O) groups excluding carboxylic acids is 2. The topological polar surface area (TPSA) is 118 Å². The van der Waals surface area contributed by atoms with E-state index in [-0.39, 0.29) is 31.0 Å². The zero-order chi connectivity index (χ0) is 19.1. The lowest BCUT2D eigenvalue weighted by Gasteiger charge is -2.09. The standard InChI is InChI=1S/C18H19N3O5/c1-12-7-9-21(16(23)10-12)11-15(22)20-14-4-2-13(3-5-14)18(26)19-8-6-17(24)25/h2-5,7,9-10H,6,8,11H2,1H3,(H,19,26)(H,20,22)(H,24,25). The van der Waals surface area contributed by atoms with Crippen LogP contribution in [0.4, 0.5) is 5.69 Å². The Labute approximate surface area is 149 Å². The molecule has 2 amide bonds. The summed E-state index contributed by atoms with van der Waals surface area (Å²) in [5, 5.41) is 13.7. The average Bonchev–Trinajstić information content (AvgIpc) is 2.57. The van der Waals surface area contributed by atoms with Crippen LogP contribution in [0.3, 0.4) is 0 Å². The van der Waals surface area contributed by atoms with E-state index in [1.54, 1.807) is 31.3 Å². The van der Waals surface area contributed by atoms with Gasteiger partial charge in [-0.2, -0.15) is 0 Å². The number of aliphatic carboxylic acids is 1. The summed E-state index contributed by atoms with van der Waals surface area (Å²) in [6.07, 6.45) is 1.40. The van der Waals surface area contributed by atoms with Crippen molar-refractivity contribution in [3.8, 4) is 0 Å². The van der Waals surface area contributed by atoms with Crippen molar-refractivity contribution in [2.24, 2.45) is 0 Å². The quantitative estimate of drug-likeness (QED) is 0.683. The lowest BCUT2D eigenvalue weighted by Crippen LogP contribution is -2.27. The van der Waals surface area contributed by atoms with Gasteiger partial charge in [0.15, 0.2) is 0 Å². The molecular formula is C18H19N3O5. The second kappa shape index (κ2) is 8.61. The van der Waals surface area contributed by atoms with E-state index in [0.29, 0.717) is 11.3 Å². The van der Waals surface area contributed by atoms with Gasteiger partial charge >= 0.3 is 5.97 Å². The zero-order valence-corrected chi connectivity index (χ0v) is 14.2. The Kier molecular flexibility index (Phi) is 6.26. The zero-order valence-electron chi connectivity index (χ0n) is 14.2. The molecule has 0 atom stereocenters. The van der Waals surface area contributed by atoms with Gasteiger partial charge in [0, 0.05) is 30.1 Å². The van der Waals surface area contributed by atoms with Crippen molar-refractivity contribution in [1.82, 2.24) is 9.88 Å². The molecule has 0 bridgehead atoms. The molecule has 0 saturated heterocycles. The minimum Gasteiger partial charge on any atom is -0.481 e. The van der Waals surface area contributed by atoms with Crippen LogP contribution in [-0.4, -0.2) is 34.0 Å². The summed E-state index contributed by atoms with van der Waals surface area (Å²) in [4.78, 5) is 46.1. The molecule has 0 aliphatic carbocycles. The van der Waals surface area contributed by atoms with Crippen LogP contribution < -0.4 is 16.2 Å². The van der Waals surface area contributed by atoms with E-state index in [1.807, 2.05) is 0 Å². The maximum Gasteiger partial charge on any atom is 0.305 e. The van der Waals surface area contributed by atoms with Gasteiger partial charge in [-0.1, -0.05) is 0 Å². The summed E-state index contributed by atoms with van der Waals surface area (Å²) in [5.41, 5.74) is 1.40. The van der Waals surface area contributed by atoms with E-state index in [9.17, 15) is 19.2 Å². The number of nitrogens with one attached hydrogen (secondary N) is 2. The summed E-state index contributed by atoms with van der Waals surface area (Å²) in [7, 11) is 0. The molecule has 0 aliphatic heterocycles. The van der Waals surface area contributed by atoms with Crippen LogP contribution in [-0.2, 0) is 16.1 Å². The normalized spacial score (nSPS) is 10.2. The third-order valence-electron chi connectivity index (χ3n) is 3.52. The van der Waals surface area contributed by atoms with Gasteiger partial charge in [-0.3, -0.25) is 19.2 Å². The molecule has 136 valence electrons. The van der Waals surface area contributed by atoms with E-state index in [1.165, 1.54) is 22.8 Å². The van der Waals surface area contributed by atoms with Crippen molar-refractivity contribution in [2.45, 2.75) is 19.9 Å². The molecule has 0 unspecified atom stereocenters. The largest absolute Gasteiger partial charge is 0.481 e. The number of carbonyl (C=O) groups is 3. The molecular weight excluding hydrogens is 338 g/mol. The van der Waals surface area contributed by atoms with E-state index in [0.717, 1.165) is 5.56 Å². The fraction of sp³-hybridized carbons (Fsp3) is 0.222. The molecule has 8 nitrogen and oxygen atoms in total. The minimum atomic E-state index is -0.990. The molecule has 1 aromatic carbocycles. The highest BCUT2D eigenvalue weighted by molar-refractivity contribution is 5.95. The maximum absolute atomic E-state index is 12.0. The van der Waals surface area contributed by atoms with Crippen LogP contribution in [0.2, 0.25) is 0 Å². The molecule has 0 spiro atoms. The van der Waals surface area contributed by atoms with E-state index in [4.69, 9.17) is 5.11 Å². The molecule has 8 heteroatoms. The molecule has 0 radical (unpaired) electrons. The number of aromatic nitrogens is 1. The van der Waals surface area contributed by atoms with Gasteiger partial charge < -0.3 is 20.3 Å². The average molecular weight is 357 g/mol. The number of benzene rings is 1. The number of hydrogen-bond donors (Lipinski definition) is 3. The second-order valence-corrected chi connectivity index (χ2v) is 5.70. The third-order valence-corrected chi connectivity index (χ3v) is 3.52. The Bertz CT molecular complexity index is 871. The summed E-state index contributed by atoms with van der Waals surface area (Å²) >= 11 is 0. The van der Waals surface area contributed by atoms with Crippen LogP contribution in [0.5, 0.6) is 0 Å². The second-order valence-electron chi connectivity index (χ2n) is 5.70. The molecule has 0 saturated carbocycles. The summed E-state index contributed by atoms with van der Waals surface area (Å²) < 4.78 is 1.30. The van der Waals surface area contributed by atoms with Crippen molar-refractivity contribution in [3.63, 3.8) is 0 Å². The van der Waals surface area contributed by atoms with Crippen molar-refractivity contribution in [2.75, 3.05) is 11.9 Å². The van der Waals surface area contributed by atoms with Crippen molar-refractivity contribution in [1.29, 1.82) is 0 Å². The van der Waals surface area contributed by atoms with Crippen molar-refractivity contribution in [3.05, 3.63) is 64.1 Å². The number of carboxylic acid groups (broad SMARTS) is 1. The Morgan fingerprint density at radius 1 is 1.12 bits per heavy atom. The Morgan fingerprint density at radius 3 is 2.42 bits per heavy atom. The SMILES string of the molecule is Cc1ccn(CC(=O)Nc2ccc(C(=O)NCCC(=O)O)cc2)c(=O)c1. The first-order chi connectivity index (χ1) is 12.3. The number of pyridine rings is 1. The van der Waals surface area contributed by atoms with Crippen LogP contribution in [0.15, 0.2) is 47.4 Å². The predicted molar refractivity (Wildman–Crippen MR) is 95.1 cm³/mol. The number of rotatable bonds is 7. The maximum atomic E-state index is 12.0. The molecule has 2 rings (SSSR count). The number of hydrogen-bond acceptors (Lipinski definition) is 4. The van der Waals surface area contributed by atoms with E-state index >= 15 is 0 Å². The molecule has 2 aromatic rings. The molecule has 0 aliphatic rings. The first kappa shape index (κ1) is 18.9. The van der Waals surface area contributed by atoms with Crippen molar-refractivity contribution < 1.29 is 19.5 Å². The van der Waals surface area contributed by atoms with Gasteiger partial charge in [0.2, 0.25) is 5.91 Å². The molecule has 1 heterocycles. The number of aryl methyl sites for hydroxylation is 1. The van der Waals surface area contributed by atoms with Gasteiger partial charge in [0.05, 0.1) is 6.42 Å². The fourth-order valence-electron chi connectivity index (χ4n) is 2.18. The van der Waals surface area contributed by atoms with Crippen LogP contribution in [0.25, 0.3) is 0 Å². The smallest absolute Gasteiger partial charge is 0.305 e. The van der Waals surface area contributed by atoms with Gasteiger partial charge in [0.1, 0.15) is 6.54 Å². The van der Waals surface area contributed by atoms with Gasteiger partial charge in [-0.15, -0.1) is 0 Å². The third kappa shape index (κ3) is 5.59. The fourth-order valence-corrected chi connectivity index (χ4v) is 2.18. The molecule has 0 fully saturated rings. The first-order valence-corrected chi connectivity index (χ1v) is 7.92. The van der Waals surface area contributed by atoms with Crippen LogP contribution in [0.1, 0.15) is 22.3 Å². The number of anilines is 1. The summed E-state index contributed by atoms with van der Waals surface area (Å²) in [5.74, 6) is -1.75.